The number of thiazole rings is 1. The van der Waals surface area contributed by atoms with E-state index in [1.165, 1.54) is 16.2 Å². The summed E-state index contributed by atoms with van der Waals surface area (Å²) < 4.78 is 32.4. The Labute approximate surface area is 368 Å². The first kappa shape index (κ1) is 45.0. The van der Waals surface area contributed by atoms with Crippen molar-refractivity contribution in [2.24, 2.45) is 17.3 Å². The number of carbonyl (C=O) groups excluding carboxylic acids is 3. The zero-order valence-electron chi connectivity index (χ0n) is 36.4. The molecule has 2 N–H and O–H groups in total. The molecule has 6 atom stereocenters. The number of esters is 1. The predicted molar refractivity (Wildman–Crippen MR) is 242 cm³/mol. The summed E-state index contributed by atoms with van der Waals surface area (Å²) in [4.78, 5) is 66.0. The number of benzene rings is 2. The van der Waals surface area contributed by atoms with E-state index in [4.69, 9.17) is 24.2 Å². The first-order valence-electron chi connectivity index (χ1n) is 21.4. The van der Waals surface area contributed by atoms with Gasteiger partial charge in [0.05, 0.1) is 48.4 Å². The van der Waals surface area contributed by atoms with E-state index in [2.05, 4.69) is 23.5 Å². The molecule has 62 heavy (non-hydrogen) atoms. The summed E-state index contributed by atoms with van der Waals surface area (Å²) in [6.07, 6.45) is 4.31. The summed E-state index contributed by atoms with van der Waals surface area (Å²) in [5.74, 6) is 1.52. The first-order chi connectivity index (χ1) is 29.5. The fourth-order valence-corrected chi connectivity index (χ4v) is 11.4. The number of Topliss-reactive ketones (excluding diaryl/α,β-unsaturated/α-hetero) is 1. The van der Waals surface area contributed by atoms with Gasteiger partial charge in [0.2, 0.25) is 5.91 Å². The number of aromatic nitrogens is 2. The fourth-order valence-electron chi connectivity index (χ4n) is 8.69. The monoisotopic (exact) mass is 880 g/mol. The average Bonchev–Trinajstić information content (AvgIpc) is 3.63. The number of pyridine rings is 1. The Morgan fingerprint density at radius 3 is 2.48 bits per heavy atom. The third-order valence-electron chi connectivity index (χ3n) is 12.3. The van der Waals surface area contributed by atoms with Crippen LogP contribution in [0.2, 0.25) is 0 Å². The predicted octanol–water partition coefficient (Wildman–Crippen LogP) is 9.26. The van der Waals surface area contributed by atoms with Gasteiger partial charge in [-0.2, -0.15) is 0 Å². The average molecular weight is 881 g/mol. The summed E-state index contributed by atoms with van der Waals surface area (Å²) in [6.45, 7) is 13.7. The van der Waals surface area contributed by atoms with Crippen molar-refractivity contribution in [3.05, 3.63) is 78.2 Å². The quantitative estimate of drug-likeness (QED) is 0.0508. The number of nitrogens with zero attached hydrogens (tertiary/aromatic N) is 3. The topological polar surface area (TPSA) is 157 Å². The molecule has 0 spiro atoms. The van der Waals surface area contributed by atoms with E-state index in [0.717, 1.165) is 30.8 Å². The van der Waals surface area contributed by atoms with Crippen molar-refractivity contribution < 1.29 is 38.1 Å². The minimum atomic E-state index is -4.26. The van der Waals surface area contributed by atoms with Gasteiger partial charge in [-0.25, -0.2) is 9.97 Å². The number of amides is 1. The molecule has 0 bridgehead atoms. The van der Waals surface area contributed by atoms with Gasteiger partial charge in [0.25, 0.3) is 7.37 Å². The minimum absolute atomic E-state index is 0.0381. The second kappa shape index (κ2) is 18.4. The zero-order chi connectivity index (χ0) is 44.4. The van der Waals surface area contributed by atoms with Crippen molar-refractivity contribution in [1.29, 1.82) is 0 Å². The van der Waals surface area contributed by atoms with E-state index in [9.17, 15) is 23.8 Å². The SMILES string of the molecule is C=C[C@@H]1C[C@]1(CC(=O)[C@@H]1C[C@@H](Oc2cc(-c3csc(NC(C)C)n3)nc3cc(OC)ccc23)CN1C(=O)[C@@H](CC(=O)OC1CCCC1)C(C)(C)C)P(=O)(O)C#Cc1ccccc1. The highest BCUT2D eigenvalue weighted by Crippen LogP contribution is 2.72. The maximum Gasteiger partial charge on any atom is 0.306 e. The number of nitrogens with one attached hydrogen (secondary N) is 1. The highest BCUT2D eigenvalue weighted by Gasteiger charge is 2.65. The van der Waals surface area contributed by atoms with E-state index in [-0.39, 0.29) is 56.1 Å². The molecule has 2 aromatic heterocycles. The molecule has 1 unspecified atom stereocenters. The Bertz CT molecular complexity index is 2430. The van der Waals surface area contributed by atoms with Gasteiger partial charge in [-0.05, 0) is 87.2 Å². The van der Waals surface area contributed by atoms with Crippen LogP contribution in [-0.2, 0) is 23.7 Å². The summed E-state index contributed by atoms with van der Waals surface area (Å²) in [7, 11) is -2.68. The molecule has 2 aliphatic carbocycles. The lowest BCUT2D eigenvalue weighted by atomic mass is 9.77. The third kappa shape index (κ3) is 9.94. The Kier molecular flexibility index (Phi) is 13.3. The van der Waals surface area contributed by atoms with Crippen molar-refractivity contribution >= 4 is 52.4 Å². The molecule has 14 heteroatoms. The third-order valence-corrected chi connectivity index (χ3v) is 15.3. The van der Waals surface area contributed by atoms with Crippen LogP contribution in [0.3, 0.4) is 0 Å². The van der Waals surface area contributed by atoms with Crippen LogP contribution >= 0.6 is 18.7 Å². The number of hydrogen-bond donors (Lipinski definition) is 2. The van der Waals surface area contributed by atoms with E-state index in [1.54, 1.807) is 37.5 Å². The maximum absolute atomic E-state index is 15.0. The Balaban J connectivity index is 1.22. The Hall–Kier alpha value is -5.02. The normalized spacial score (nSPS) is 22.6. The number of ketones is 1. The number of carbonyl (C=O) groups is 3. The second-order valence-electron chi connectivity index (χ2n) is 18.2. The maximum atomic E-state index is 15.0. The lowest BCUT2D eigenvalue weighted by Crippen LogP contribution is -2.48. The second-order valence-corrected chi connectivity index (χ2v) is 21.3. The number of methoxy groups -OCH3 is 1. The number of fused-ring (bicyclic) bond motifs is 1. The van der Waals surface area contributed by atoms with Crippen molar-refractivity contribution in [1.82, 2.24) is 14.9 Å². The van der Waals surface area contributed by atoms with Crippen molar-refractivity contribution in [2.45, 2.75) is 115 Å². The smallest absolute Gasteiger partial charge is 0.306 e. The standard InChI is InChI=1S/C48H57N4O8PS/c1-8-32-26-48(32,61(56,57)21-20-31-14-10-9-11-15-31)27-42(53)41-23-35(28-52(41)45(55)37(47(4,5)6)24-44(54)60-33-16-12-13-17-33)59-43-25-39(40-29-62-46(51-40)49-30(2)3)50-38-22-34(58-7)18-19-36(38)43/h8-11,14-15,18-19,22,25,29-30,32-33,35,37,41H,1,12-13,16-17,23-24,26-28H2,2-7H3,(H,49,51)(H,56,57)/t32-,35-,37-,41+,48-/m1/s1. The fraction of sp³-hybridized carbons (Fsp3) is 0.479. The van der Waals surface area contributed by atoms with Gasteiger partial charge in [-0.15, -0.1) is 17.9 Å². The first-order valence-corrected chi connectivity index (χ1v) is 24.0. The van der Waals surface area contributed by atoms with Gasteiger partial charge >= 0.3 is 5.97 Å². The molecular formula is C48H57N4O8PS. The van der Waals surface area contributed by atoms with Crippen LogP contribution in [0, 0.1) is 28.8 Å². The Morgan fingerprint density at radius 1 is 1.08 bits per heavy atom. The summed E-state index contributed by atoms with van der Waals surface area (Å²) in [5, 5.41) is 5.37. The van der Waals surface area contributed by atoms with Gasteiger partial charge in [0, 0.05) is 47.3 Å². The molecule has 1 saturated heterocycles. The van der Waals surface area contributed by atoms with E-state index >= 15 is 0 Å². The molecule has 0 radical (unpaired) electrons. The zero-order valence-corrected chi connectivity index (χ0v) is 38.1. The molecule has 2 saturated carbocycles. The van der Waals surface area contributed by atoms with E-state index in [1.807, 2.05) is 70.3 Å². The Morgan fingerprint density at radius 2 is 1.82 bits per heavy atom. The van der Waals surface area contributed by atoms with Gasteiger partial charge in [-0.1, -0.05) is 51.0 Å². The highest BCUT2D eigenvalue weighted by molar-refractivity contribution is 7.65. The molecular weight excluding hydrogens is 824 g/mol. The number of likely N-dealkylation sites (tertiary alicyclic amines) is 1. The summed E-state index contributed by atoms with van der Waals surface area (Å²) in [6, 6.07) is 15.4. The molecule has 2 aromatic carbocycles. The lowest BCUT2D eigenvalue weighted by molar-refractivity contribution is -0.156. The lowest BCUT2D eigenvalue weighted by Gasteiger charge is -2.35. The van der Waals surface area contributed by atoms with Crippen LogP contribution in [0.25, 0.3) is 22.3 Å². The molecule has 4 aromatic rings. The van der Waals surface area contributed by atoms with Crippen LogP contribution in [-0.4, -0.2) is 80.5 Å². The summed E-state index contributed by atoms with van der Waals surface area (Å²) >= 11 is 1.47. The van der Waals surface area contributed by atoms with Crippen LogP contribution in [0.15, 0.2) is 72.6 Å². The molecule has 3 heterocycles. The number of rotatable bonds is 15. The largest absolute Gasteiger partial charge is 0.497 e. The minimum Gasteiger partial charge on any atom is -0.497 e. The molecule has 1 amide bonds. The molecule has 3 aliphatic rings. The number of anilines is 1. The highest BCUT2D eigenvalue weighted by atomic mass is 32.1. The molecule has 12 nitrogen and oxygen atoms in total. The van der Waals surface area contributed by atoms with E-state index in [0.29, 0.717) is 39.4 Å². The van der Waals surface area contributed by atoms with Crippen LogP contribution in [0.4, 0.5) is 5.13 Å². The number of ether oxygens (including phenoxy) is 3. The van der Waals surface area contributed by atoms with Crippen LogP contribution in [0.5, 0.6) is 11.5 Å². The number of hydrogen-bond acceptors (Lipinski definition) is 11. The van der Waals surface area contributed by atoms with Crippen molar-refractivity contribution in [3.8, 4) is 34.5 Å². The van der Waals surface area contributed by atoms with Gasteiger partial charge in [0.15, 0.2) is 10.9 Å². The molecule has 328 valence electrons. The molecule has 3 fully saturated rings. The van der Waals surface area contributed by atoms with Gasteiger partial charge < -0.3 is 29.3 Å². The van der Waals surface area contributed by atoms with Gasteiger partial charge in [0.1, 0.15) is 29.4 Å². The van der Waals surface area contributed by atoms with Crippen LogP contribution in [0.1, 0.15) is 91.5 Å². The molecule has 7 rings (SSSR count). The van der Waals surface area contributed by atoms with Gasteiger partial charge in [-0.3, -0.25) is 18.9 Å². The van der Waals surface area contributed by atoms with E-state index < -0.39 is 47.9 Å². The van der Waals surface area contributed by atoms with Crippen LogP contribution < -0.4 is 14.8 Å². The number of allylic oxidation sites excluding steroid dienone is 1. The molecule has 1 aliphatic heterocycles. The summed E-state index contributed by atoms with van der Waals surface area (Å²) in [5.41, 5.74) is 4.37. The van der Waals surface area contributed by atoms with Crippen molar-refractivity contribution in [3.63, 3.8) is 0 Å². The van der Waals surface area contributed by atoms with Crippen molar-refractivity contribution in [2.75, 3.05) is 19.0 Å².